The second-order valence-electron chi connectivity index (χ2n) is 16.3. The molecule has 0 N–H and O–H groups in total. The van der Waals surface area contributed by atoms with Gasteiger partial charge >= 0.3 is 0 Å². The highest BCUT2D eigenvalue weighted by atomic mass is 15.0. The minimum Gasteiger partial charge on any atom is -0.310 e. The third-order valence-electron chi connectivity index (χ3n) is 12.6. The molecule has 10 aromatic rings. The summed E-state index contributed by atoms with van der Waals surface area (Å²) in [4.78, 5) is 0. The van der Waals surface area contributed by atoms with Crippen LogP contribution < -0.4 is 16.4 Å². The topological polar surface area (TPSA) is 4.93 Å². The lowest BCUT2D eigenvalue weighted by atomic mass is 9.34. The van der Waals surface area contributed by atoms with Crippen LogP contribution in [0, 0.1) is 20.8 Å². The zero-order valence-electron chi connectivity index (χ0n) is 33.6. The summed E-state index contributed by atoms with van der Waals surface area (Å²) in [7, 11) is 0. The van der Waals surface area contributed by atoms with E-state index in [0.29, 0.717) is 0 Å². The van der Waals surface area contributed by atoms with Gasteiger partial charge in [-0.1, -0.05) is 198 Å². The van der Waals surface area contributed by atoms with Gasteiger partial charge in [-0.15, -0.1) is 0 Å². The van der Waals surface area contributed by atoms with E-state index in [9.17, 15) is 0 Å². The molecule has 0 aliphatic carbocycles. The molecule has 0 saturated heterocycles. The Balaban J connectivity index is 1.18. The van der Waals surface area contributed by atoms with Crippen LogP contribution in [0.2, 0.25) is 0 Å². The highest BCUT2D eigenvalue weighted by Crippen LogP contribution is 2.39. The fourth-order valence-electron chi connectivity index (χ4n) is 9.89. The van der Waals surface area contributed by atoms with Crippen LogP contribution >= 0.6 is 0 Å². The van der Waals surface area contributed by atoms with Crippen LogP contribution in [-0.4, -0.2) is 11.3 Å². The molecule has 2 heteroatoms. The summed E-state index contributed by atoms with van der Waals surface area (Å²) in [5, 5.41) is 2.55. The van der Waals surface area contributed by atoms with Gasteiger partial charge in [0.25, 0.3) is 0 Å². The predicted molar refractivity (Wildman–Crippen MR) is 253 cm³/mol. The van der Waals surface area contributed by atoms with Gasteiger partial charge in [-0.25, -0.2) is 0 Å². The lowest BCUT2D eigenvalue weighted by Gasteiger charge is -2.30. The third kappa shape index (κ3) is 5.95. The van der Waals surface area contributed by atoms with E-state index in [1.807, 2.05) is 0 Å². The average Bonchev–Trinajstić information content (AvgIpc) is 3.62. The van der Waals surface area contributed by atoms with Gasteiger partial charge in [-0.3, -0.25) is 0 Å². The number of hydrogen-bond donors (Lipinski definition) is 0. The minimum absolute atomic E-state index is 0.0436. The highest BCUT2D eigenvalue weighted by molar-refractivity contribution is 6.98. The molecule has 1 aromatic heterocycles. The zero-order chi connectivity index (χ0) is 39.6. The molecule has 0 radical (unpaired) electrons. The fourth-order valence-corrected chi connectivity index (χ4v) is 9.89. The summed E-state index contributed by atoms with van der Waals surface area (Å²) >= 11 is 0. The largest absolute Gasteiger partial charge is 0.310 e. The SMILES string of the molecule is Cc1cc(C)c(B2c3cc(-c4ccccc4)ccc3-n3c4ccc(-c5ccc(-c6ccccc6)cc5)cc4c4cc(-c5ccc(-c6ccccc6)cc5)cc2c43)c(C)c1. The Morgan fingerprint density at radius 3 is 1.31 bits per heavy atom. The Morgan fingerprint density at radius 1 is 0.339 bits per heavy atom. The van der Waals surface area contributed by atoms with Crippen LogP contribution in [0.3, 0.4) is 0 Å². The smallest absolute Gasteiger partial charge is 0.247 e. The van der Waals surface area contributed by atoms with Crippen LogP contribution in [-0.2, 0) is 0 Å². The quantitative estimate of drug-likeness (QED) is 0.149. The molecule has 9 aromatic carbocycles. The molecule has 1 nitrogen and oxygen atoms in total. The average molecular weight is 752 g/mol. The second-order valence-corrected chi connectivity index (χ2v) is 16.3. The molecule has 0 spiro atoms. The molecule has 1 aliphatic rings. The Bertz CT molecular complexity index is 3170. The molecule has 0 fully saturated rings. The number of fused-ring (bicyclic) bond motifs is 5. The van der Waals surface area contributed by atoms with Crippen molar-refractivity contribution in [3.8, 4) is 61.3 Å². The van der Waals surface area contributed by atoms with Gasteiger partial charge in [0, 0.05) is 22.0 Å². The van der Waals surface area contributed by atoms with Crippen LogP contribution in [0.25, 0.3) is 83.1 Å². The number of rotatable bonds is 6. The van der Waals surface area contributed by atoms with Crippen molar-refractivity contribution in [3.63, 3.8) is 0 Å². The summed E-state index contributed by atoms with van der Waals surface area (Å²) in [5.41, 5.74) is 24.1. The van der Waals surface area contributed by atoms with E-state index in [4.69, 9.17) is 0 Å². The minimum atomic E-state index is 0.0436. The van der Waals surface area contributed by atoms with Gasteiger partial charge in [-0.2, -0.15) is 0 Å². The van der Waals surface area contributed by atoms with Crippen LogP contribution in [0.4, 0.5) is 0 Å². The van der Waals surface area contributed by atoms with Crippen LogP contribution in [0.1, 0.15) is 16.7 Å². The number of hydrogen-bond acceptors (Lipinski definition) is 0. The molecule has 0 amide bonds. The molecule has 2 heterocycles. The number of nitrogens with zero attached hydrogens (tertiary/aromatic N) is 1. The maximum absolute atomic E-state index is 2.56. The van der Waals surface area contributed by atoms with Crippen molar-refractivity contribution in [1.82, 2.24) is 4.57 Å². The molecule has 0 bridgehead atoms. The lowest BCUT2D eigenvalue weighted by molar-refractivity contribution is 1.19. The monoisotopic (exact) mass is 751 g/mol. The van der Waals surface area contributed by atoms with Gasteiger partial charge in [-0.05, 0) is 112 Å². The Morgan fingerprint density at radius 2 is 0.746 bits per heavy atom. The van der Waals surface area contributed by atoms with E-state index < -0.39 is 0 Å². The Hall–Kier alpha value is -7.16. The van der Waals surface area contributed by atoms with Crippen molar-refractivity contribution < 1.29 is 0 Å². The number of aromatic nitrogens is 1. The van der Waals surface area contributed by atoms with E-state index in [0.717, 1.165) is 0 Å². The van der Waals surface area contributed by atoms with E-state index in [-0.39, 0.29) is 6.71 Å². The highest BCUT2D eigenvalue weighted by Gasteiger charge is 2.36. The first-order chi connectivity index (χ1) is 29.0. The molecular weight excluding hydrogens is 709 g/mol. The van der Waals surface area contributed by atoms with Crippen molar-refractivity contribution >= 4 is 44.9 Å². The summed E-state index contributed by atoms with van der Waals surface area (Å²) in [6.45, 7) is 6.87. The molecule has 1 aliphatic heterocycles. The van der Waals surface area contributed by atoms with Crippen molar-refractivity contribution in [1.29, 1.82) is 0 Å². The third-order valence-corrected chi connectivity index (χ3v) is 12.6. The van der Waals surface area contributed by atoms with E-state index in [1.54, 1.807) is 0 Å². The zero-order valence-corrected chi connectivity index (χ0v) is 33.6. The summed E-state index contributed by atoms with van der Waals surface area (Å²) in [5.74, 6) is 0. The van der Waals surface area contributed by atoms with Crippen molar-refractivity contribution in [2.75, 3.05) is 0 Å². The maximum atomic E-state index is 2.56. The van der Waals surface area contributed by atoms with Gasteiger partial charge in [0.15, 0.2) is 0 Å². The molecule has 59 heavy (non-hydrogen) atoms. The van der Waals surface area contributed by atoms with Gasteiger partial charge < -0.3 is 4.57 Å². The fraction of sp³-hybridized carbons (Fsp3) is 0.0526. The van der Waals surface area contributed by atoms with Crippen molar-refractivity contribution in [2.24, 2.45) is 0 Å². The van der Waals surface area contributed by atoms with Gasteiger partial charge in [0.2, 0.25) is 6.71 Å². The van der Waals surface area contributed by atoms with E-state index in [2.05, 4.69) is 226 Å². The first-order valence-electron chi connectivity index (χ1n) is 20.7. The standard InChI is InChI=1S/C57H42BN/c1-37-31-38(2)56(39(3)32-37)58-52-35-48(42-17-11-6-12-18-42)28-30-55(52)59-54-29-27-47(45-23-19-43(20-24-45)40-13-7-4-8-14-40)33-50(54)51-34-49(36-53(58)57(51)59)46-25-21-44(22-26-46)41-15-9-5-10-16-41/h4-36H,1-3H3. The molecule has 0 unspecified atom stereocenters. The van der Waals surface area contributed by atoms with Crippen LogP contribution in [0.5, 0.6) is 0 Å². The summed E-state index contributed by atoms with van der Waals surface area (Å²) in [6.07, 6.45) is 0. The van der Waals surface area contributed by atoms with E-state index >= 15 is 0 Å². The lowest BCUT2D eigenvalue weighted by Crippen LogP contribution is -2.57. The second kappa shape index (κ2) is 14.0. The first-order valence-corrected chi connectivity index (χ1v) is 20.7. The van der Waals surface area contributed by atoms with Crippen molar-refractivity contribution in [2.45, 2.75) is 20.8 Å². The molecule has 278 valence electrons. The van der Waals surface area contributed by atoms with Crippen LogP contribution in [0.15, 0.2) is 200 Å². The Kier molecular flexibility index (Phi) is 8.34. The summed E-state index contributed by atoms with van der Waals surface area (Å²) < 4.78 is 2.56. The maximum Gasteiger partial charge on any atom is 0.247 e. The molecule has 0 atom stereocenters. The molecule has 11 rings (SSSR count). The first kappa shape index (κ1) is 35.0. The Labute approximate surface area is 347 Å². The summed E-state index contributed by atoms with van der Waals surface area (Å²) in [6, 6.07) is 74.3. The predicted octanol–water partition coefficient (Wildman–Crippen LogP) is 12.9. The normalized spacial score (nSPS) is 11.9. The van der Waals surface area contributed by atoms with Gasteiger partial charge in [0.05, 0.1) is 5.52 Å². The molecular formula is C57H42BN. The number of benzene rings is 9. The van der Waals surface area contributed by atoms with E-state index in [1.165, 1.54) is 116 Å². The number of aryl methyl sites for hydroxylation is 3. The molecule has 0 saturated carbocycles. The van der Waals surface area contributed by atoms with Crippen molar-refractivity contribution in [3.05, 3.63) is 217 Å². The van der Waals surface area contributed by atoms with Gasteiger partial charge in [0.1, 0.15) is 0 Å².